The van der Waals surface area contributed by atoms with Crippen molar-refractivity contribution in [2.75, 3.05) is 5.32 Å². The van der Waals surface area contributed by atoms with E-state index in [1.165, 1.54) is 42.5 Å². The molecule has 0 unspecified atom stereocenters. The Labute approximate surface area is 124 Å². The maximum Gasteiger partial charge on any atom is 0.288 e. The van der Waals surface area contributed by atoms with Gasteiger partial charge in [0.2, 0.25) is 0 Å². The molecule has 1 amide bonds. The first-order chi connectivity index (χ1) is 9.95. The van der Waals surface area contributed by atoms with Crippen LogP contribution in [0.5, 0.6) is 0 Å². The van der Waals surface area contributed by atoms with Gasteiger partial charge >= 0.3 is 0 Å². The highest BCUT2D eigenvalue weighted by Crippen LogP contribution is 2.25. The molecular formula is C15H12F3NOS. The summed E-state index contributed by atoms with van der Waals surface area (Å²) in [5.41, 5.74) is 1.46. The molecule has 110 valence electrons. The minimum Gasteiger partial charge on any atom is -0.322 e. The monoisotopic (exact) mass is 311 g/mol. The van der Waals surface area contributed by atoms with E-state index in [2.05, 4.69) is 5.32 Å². The average molecular weight is 311 g/mol. The molecule has 2 aromatic rings. The summed E-state index contributed by atoms with van der Waals surface area (Å²) in [6.45, 7) is 1.68. The Morgan fingerprint density at radius 3 is 2.38 bits per heavy atom. The lowest BCUT2D eigenvalue weighted by molar-refractivity contribution is 0.102. The fourth-order valence-electron chi connectivity index (χ4n) is 1.75. The average Bonchev–Trinajstić information content (AvgIpc) is 2.42. The van der Waals surface area contributed by atoms with E-state index in [0.29, 0.717) is 33.5 Å². The number of carbonyl (C=O) groups is 1. The highest BCUT2D eigenvalue weighted by molar-refractivity contribution is 7.99. The Morgan fingerprint density at radius 2 is 1.81 bits per heavy atom. The first-order valence-electron chi connectivity index (χ1n) is 6.08. The number of hydrogen-bond donors (Lipinski definition) is 1. The fraction of sp³-hybridized carbons (Fsp3) is 0.133. The van der Waals surface area contributed by atoms with E-state index in [-0.39, 0.29) is 11.7 Å². The summed E-state index contributed by atoms with van der Waals surface area (Å²) in [5.74, 6) is -3.25. The molecule has 2 rings (SSSR count). The number of hydrogen-bond acceptors (Lipinski definition) is 2. The molecule has 0 saturated carbocycles. The zero-order valence-electron chi connectivity index (χ0n) is 11.1. The van der Waals surface area contributed by atoms with Crippen LogP contribution < -0.4 is 5.32 Å². The highest BCUT2D eigenvalue weighted by Gasteiger charge is 2.10. The van der Waals surface area contributed by atoms with E-state index >= 15 is 0 Å². The molecule has 0 atom stereocenters. The van der Waals surface area contributed by atoms with Gasteiger partial charge < -0.3 is 5.32 Å². The number of rotatable bonds is 4. The maximum atomic E-state index is 13.0. The van der Waals surface area contributed by atoms with E-state index in [0.717, 1.165) is 0 Å². The van der Waals surface area contributed by atoms with Gasteiger partial charge in [-0.15, -0.1) is 0 Å². The SMILES string of the molecule is Cc1cc(F)ccc1NC(=O)c1ccc(SC(F)F)cc1. The molecule has 0 aliphatic heterocycles. The molecule has 0 heterocycles. The minimum atomic E-state index is -2.49. The van der Waals surface area contributed by atoms with Crippen molar-refractivity contribution in [2.24, 2.45) is 0 Å². The number of aryl methyl sites for hydroxylation is 1. The zero-order chi connectivity index (χ0) is 15.4. The highest BCUT2D eigenvalue weighted by atomic mass is 32.2. The van der Waals surface area contributed by atoms with Crippen LogP contribution in [0.2, 0.25) is 0 Å². The normalized spacial score (nSPS) is 10.7. The molecule has 0 fully saturated rings. The number of anilines is 1. The Bertz CT molecular complexity index is 644. The molecule has 21 heavy (non-hydrogen) atoms. The van der Waals surface area contributed by atoms with Crippen LogP contribution in [0.1, 0.15) is 15.9 Å². The molecule has 0 aliphatic rings. The van der Waals surface area contributed by atoms with E-state index in [9.17, 15) is 18.0 Å². The van der Waals surface area contributed by atoms with Crippen LogP contribution in [-0.2, 0) is 0 Å². The molecule has 0 saturated heterocycles. The Balaban J connectivity index is 2.09. The predicted octanol–water partition coefficient (Wildman–Crippen LogP) is 4.70. The predicted molar refractivity (Wildman–Crippen MR) is 77.4 cm³/mol. The van der Waals surface area contributed by atoms with Gasteiger partial charge in [-0.25, -0.2) is 4.39 Å². The lowest BCUT2D eigenvalue weighted by atomic mass is 10.1. The largest absolute Gasteiger partial charge is 0.322 e. The van der Waals surface area contributed by atoms with Gasteiger partial charge in [0, 0.05) is 16.1 Å². The summed E-state index contributed by atoms with van der Waals surface area (Å²) in [6.07, 6.45) is 0. The van der Waals surface area contributed by atoms with Crippen molar-refractivity contribution in [1.29, 1.82) is 0 Å². The molecule has 0 spiro atoms. The first kappa shape index (κ1) is 15.4. The van der Waals surface area contributed by atoms with Crippen LogP contribution in [0.15, 0.2) is 47.4 Å². The lowest BCUT2D eigenvalue weighted by Crippen LogP contribution is -2.12. The summed E-state index contributed by atoms with van der Waals surface area (Å²) in [7, 11) is 0. The van der Waals surface area contributed by atoms with Crippen LogP contribution in [0.4, 0.5) is 18.9 Å². The first-order valence-corrected chi connectivity index (χ1v) is 6.96. The van der Waals surface area contributed by atoms with Crippen molar-refractivity contribution in [3.05, 3.63) is 59.4 Å². The number of amides is 1. The van der Waals surface area contributed by atoms with Gasteiger partial charge in [-0.3, -0.25) is 4.79 Å². The Kier molecular flexibility index (Phi) is 4.90. The molecular weight excluding hydrogens is 299 g/mol. The van der Waals surface area contributed by atoms with Gasteiger partial charge in [0.25, 0.3) is 11.7 Å². The van der Waals surface area contributed by atoms with Gasteiger partial charge in [-0.05, 0) is 55.0 Å². The number of nitrogens with one attached hydrogen (secondary N) is 1. The van der Waals surface area contributed by atoms with Gasteiger partial charge in [0.15, 0.2) is 0 Å². The standard InChI is InChI=1S/C15H12F3NOS/c1-9-8-11(16)4-7-13(9)19-14(20)10-2-5-12(6-3-10)21-15(17)18/h2-8,15H,1H3,(H,19,20). The zero-order valence-corrected chi connectivity index (χ0v) is 11.9. The molecule has 1 N–H and O–H groups in total. The summed E-state index contributed by atoms with van der Waals surface area (Å²) >= 11 is 0.420. The van der Waals surface area contributed by atoms with E-state index in [1.807, 2.05) is 0 Å². The van der Waals surface area contributed by atoms with E-state index in [4.69, 9.17) is 0 Å². The summed E-state index contributed by atoms with van der Waals surface area (Å²) in [5, 5.41) is 2.65. The molecule has 0 aromatic heterocycles. The summed E-state index contributed by atoms with van der Waals surface area (Å²) in [6, 6.07) is 9.91. The molecule has 2 aromatic carbocycles. The molecule has 0 radical (unpaired) electrons. The summed E-state index contributed by atoms with van der Waals surface area (Å²) < 4.78 is 37.4. The maximum absolute atomic E-state index is 13.0. The van der Waals surface area contributed by atoms with Crippen LogP contribution in [0, 0.1) is 12.7 Å². The third-order valence-corrected chi connectivity index (χ3v) is 3.50. The third kappa shape index (κ3) is 4.26. The summed E-state index contributed by atoms with van der Waals surface area (Å²) in [4.78, 5) is 12.4. The van der Waals surface area contributed by atoms with Crippen molar-refractivity contribution >= 4 is 23.4 Å². The van der Waals surface area contributed by atoms with Gasteiger partial charge in [0.1, 0.15) is 5.82 Å². The Hall–Kier alpha value is -1.95. The van der Waals surface area contributed by atoms with E-state index < -0.39 is 5.76 Å². The van der Waals surface area contributed by atoms with Crippen molar-refractivity contribution in [1.82, 2.24) is 0 Å². The second-order valence-electron chi connectivity index (χ2n) is 4.32. The van der Waals surface area contributed by atoms with Crippen LogP contribution in [-0.4, -0.2) is 11.7 Å². The number of alkyl halides is 2. The number of thioether (sulfide) groups is 1. The molecule has 0 bridgehead atoms. The quantitative estimate of drug-likeness (QED) is 0.829. The smallest absolute Gasteiger partial charge is 0.288 e. The molecule has 0 aliphatic carbocycles. The number of carbonyl (C=O) groups excluding carboxylic acids is 1. The van der Waals surface area contributed by atoms with Crippen molar-refractivity contribution < 1.29 is 18.0 Å². The number of halogens is 3. The second-order valence-corrected chi connectivity index (χ2v) is 5.38. The van der Waals surface area contributed by atoms with Crippen molar-refractivity contribution in [2.45, 2.75) is 17.6 Å². The van der Waals surface area contributed by atoms with Gasteiger partial charge in [-0.2, -0.15) is 8.78 Å². The van der Waals surface area contributed by atoms with Crippen LogP contribution >= 0.6 is 11.8 Å². The van der Waals surface area contributed by atoms with Gasteiger partial charge in [0.05, 0.1) is 0 Å². The van der Waals surface area contributed by atoms with Crippen molar-refractivity contribution in [3.8, 4) is 0 Å². The fourth-order valence-corrected chi connectivity index (χ4v) is 2.25. The van der Waals surface area contributed by atoms with E-state index in [1.54, 1.807) is 6.92 Å². The topological polar surface area (TPSA) is 29.1 Å². The third-order valence-electron chi connectivity index (χ3n) is 2.78. The number of benzene rings is 2. The molecule has 2 nitrogen and oxygen atoms in total. The van der Waals surface area contributed by atoms with Gasteiger partial charge in [-0.1, -0.05) is 11.8 Å². The Morgan fingerprint density at radius 1 is 1.14 bits per heavy atom. The molecule has 6 heteroatoms. The minimum absolute atomic E-state index is 0.345. The second kappa shape index (κ2) is 6.67. The lowest BCUT2D eigenvalue weighted by Gasteiger charge is -2.09. The van der Waals surface area contributed by atoms with Crippen LogP contribution in [0.25, 0.3) is 0 Å². The van der Waals surface area contributed by atoms with Crippen molar-refractivity contribution in [3.63, 3.8) is 0 Å². The van der Waals surface area contributed by atoms with Crippen LogP contribution in [0.3, 0.4) is 0 Å².